The lowest BCUT2D eigenvalue weighted by Crippen LogP contribution is -2.25. The van der Waals surface area contributed by atoms with Crippen LogP contribution in [0.3, 0.4) is 0 Å². The van der Waals surface area contributed by atoms with Gasteiger partial charge in [0, 0.05) is 25.0 Å². The molecule has 0 radical (unpaired) electrons. The summed E-state index contributed by atoms with van der Waals surface area (Å²) in [7, 11) is 0. The average Bonchev–Trinajstić information content (AvgIpc) is 3.37. The second kappa shape index (κ2) is 8.28. The Kier molecular flexibility index (Phi) is 5.38. The van der Waals surface area contributed by atoms with Crippen molar-refractivity contribution in [1.29, 1.82) is 0 Å². The van der Waals surface area contributed by atoms with Gasteiger partial charge in [0.05, 0.1) is 6.54 Å². The van der Waals surface area contributed by atoms with Crippen molar-refractivity contribution in [3.8, 4) is 5.82 Å². The van der Waals surface area contributed by atoms with E-state index < -0.39 is 17.5 Å². The fourth-order valence-corrected chi connectivity index (χ4v) is 3.14. The number of benzene rings is 2. The smallest absolute Gasteiger partial charge is 0.276 e. The van der Waals surface area contributed by atoms with Gasteiger partial charge in [-0.2, -0.15) is 0 Å². The van der Waals surface area contributed by atoms with Gasteiger partial charge in [-0.05, 0) is 42.3 Å². The first kappa shape index (κ1) is 19.5. The van der Waals surface area contributed by atoms with Gasteiger partial charge in [0.25, 0.3) is 5.91 Å². The van der Waals surface area contributed by atoms with Gasteiger partial charge in [0.1, 0.15) is 11.6 Å². The van der Waals surface area contributed by atoms with Crippen LogP contribution in [-0.4, -0.2) is 25.5 Å². The Bertz CT molecular complexity index is 1150. The molecular weight excluding hydrogens is 388 g/mol. The van der Waals surface area contributed by atoms with Crippen LogP contribution in [0.15, 0.2) is 67.0 Å². The number of nitrogens with one attached hydrogen (secondary N) is 1. The number of hydrogen-bond acceptors (Lipinski definition) is 3. The van der Waals surface area contributed by atoms with Crippen molar-refractivity contribution in [3.63, 3.8) is 0 Å². The molecule has 2 aromatic carbocycles. The third-order valence-corrected chi connectivity index (χ3v) is 4.60. The molecule has 2 aromatic heterocycles. The Morgan fingerprint density at radius 3 is 2.33 bits per heavy atom. The maximum Gasteiger partial charge on any atom is 0.276 e. The minimum atomic E-state index is -0.698. The molecule has 1 amide bonds. The maximum absolute atomic E-state index is 13.4. The van der Waals surface area contributed by atoms with Crippen LogP contribution >= 0.6 is 0 Å². The minimum Gasteiger partial charge on any atom is -0.346 e. The number of halogens is 2. The molecule has 0 aliphatic carbocycles. The van der Waals surface area contributed by atoms with Crippen LogP contribution in [0.1, 0.15) is 27.2 Å². The minimum absolute atomic E-state index is 0.0382. The Hall–Kier alpha value is -3.81. The van der Waals surface area contributed by atoms with E-state index in [1.165, 1.54) is 12.1 Å². The molecule has 0 aliphatic heterocycles. The Morgan fingerprint density at radius 1 is 1.00 bits per heavy atom. The molecule has 0 saturated carbocycles. The predicted molar refractivity (Wildman–Crippen MR) is 107 cm³/mol. The van der Waals surface area contributed by atoms with E-state index in [-0.39, 0.29) is 12.2 Å². The van der Waals surface area contributed by atoms with Crippen LogP contribution in [0.5, 0.6) is 0 Å². The molecule has 0 saturated heterocycles. The molecule has 0 bridgehead atoms. The SMILES string of the molecule is Cc1ccc(Cn2nnc(C(=O)NCc3cc(F)cc(F)c3)c2-n2cccc2)cc1. The van der Waals surface area contributed by atoms with Crippen LogP contribution in [0.25, 0.3) is 5.82 Å². The number of hydrogen-bond donors (Lipinski definition) is 1. The summed E-state index contributed by atoms with van der Waals surface area (Å²) in [5, 5.41) is 10.9. The van der Waals surface area contributed by atoms with Crippen LogP contribution in [0.4, 0.5) is 8.78 Å². The summed E-state index contributed by atoms with van der Waals surface area (Å²) >= 11 is 0. The number of carbonyl (C=O) groups is 1. The monoisotopic (exact) mass is 407 g/mol. The van der Waals surface area contributed by atoms with E-state index in [1.54, 1.807) is 21.6 Å². The summed E-state index contributed by atoms with van der Waals surface area (Å²) in [6.07, 6.45) is 3.59. The molecule has 152 valence electrons. The van der Waals surface area contributed by atoms with Gasteiger partial charge in [-0.3, -0.25) is 4.79 Å². The van der Waals surface area contributed by atoms with Gasteiger partial charge in [-0.15, -0.1) is 5.10 Å². The molecule has 4 rings (SSSR count). The highest BCUT2D eigenvalue weighted by atomic mass is 19.1. The highest BCUT2D eigenvalue weighted by Crippen LogP contribution is 2.16. The molecule has 0 atom stereocenters. The lowest BCUT2D eigenvalue weighted by atomic mass is 10.1. The first-order chi connectivity index (χ1) is 14.5. The van der Waals surface area contributed by atoms with E-state index in [9.17, 15) is 13.6 Å². The van der Waals surface area contributed by atoms with E-state index in [0.29, 0.717) is 17.9 Å². The lowest BCUT2D eigenvalue weighted by molar-refractivity contribution is 0.0945. The number of aromatic nitrogens is 4. The third-order valence-electron chi connectivity index (χ3n) is 4.60. The molecule has 0 unspecified atom stereocenters. The second-order valence-electron chi connectivity index (χ2n) is 6.96. The summed E-state index contributed by atoms with van der Waals surface area (Å²) in [6, 6.07) is 14.8. The highest BCUT2D eigenvalue weighted by molar-refractivity contribution is 5.95. The quantitative estimate of drug-likeness (QED) is 0.531. The van der Waals surface area contributed by atoms with E-state index in [1.807, 2.05) is 43.3 Å². The van der Waals surface area contributed by atoms with Crippen molar-refractivity contribution in [2.45, 2.75) is 20.0 Å². The summed E-state index contributed by atoms with van der Waals surface area (Å²) < 4.78 is 30.2. The van der Waals surface area contributed by atoms with Crippen LogP contribution in [-0.2, 0) is 13.1 Å². The van der Waals surface area contributed by atoms with Gasteiger partial charge in [0.15, 0.2) is 11.5 Å². The van der Waals surface area contributed by atoms with Crippen molar-refractivity contribution in [3.05, 3.63) is 101 Å². The van der Waals surface area contributed by atoms with E-state index in [4.69, 9.17) is 0 Å². The third kappa shape index (κ3) is 4.27. The number of amides is 1. The number of rotatable bonds is 6. The molecule has 0 aliphatic rings. The Labute approximate surface area is 171 Å². The van der Waals surface area contributed by atoms with E-state index in [0.717, 1.165) is 17.2 Å². The topological polar surface area (TPSA) is 64.7 Å². The van der Waals surface area contributed by atoms with Gasteiger partial charge in [0.2, 0.25) is 0 Å². The first-order valence-electron chi connectivity index (χ1n) is 9.35. The van der Waals surface area contributed by atoms with Gasteiger partial charge < -0.3 is 9.88 Å². The number of carbonyl (C=O) groups excluding carboxylic acids is 1. The molecule has 6 nitrogen and oxygen atoms in total. The van der Waals surface area contributed by atoms with Gasteiger partial charge >= 0.3 is 0 Å². The fraction of sp³-hybridized carbons (Fsp3) is 0.136. The normalized spacial score (nSPS) is 10.9. The summed E-state index contributed by atoms with van der Waals surface area (Å²) in [5.74, 6) is -1.38. The summed E-state index contributed by atoms with van der Waals surface area (Å²) in [6.45, 7) is 2.41. The van der Waals surface area contributed by atoms with Crippen molar-refractivity contribution in [2.24, 2.45) is 0 Å². The maximum atomic E-state index is 13.4. The number of aryl methyl sites for hydroxylation is 1. The van der Waals surface area contributed by atoms with Gasteiger partial charge in [-0.25, -0.2) is 13.5 Å². The zero-order valence-electron chi connectivity index (χ0n) is 16.2. The average molecular weight is 407 g/mol. The standard InChI is InChI=1S/C22H19F2N5O/c1-15-4-6-16(7-5-15)14-29-22(28-8-2-3-9-28)20(26-27-29)21(30)25-13-17-10-18(23)12-19(24)11-17/h2-12H,13-14H2,1H3,(H,25,30). The van der Waals surface area contributed by atoms with Crippen LogP contribution < -0.4 is 5.32 Å². The van der Waals surface area contributed by atoms with Crippen molar-refractivity contribution < 1.29 is 13.6 Å². The largest absolute Gasteiger partial charge is 0.346 e. The van der Waals surface area contributed by atoms with Crippen molar-refractivity contribution >= 4 is 5.91 Å². The molecule has 1 N–H and O–H groups in total. The molecule has 8 heteroatoms. The number of nitrogens with zero attached hydrogens (tertiary/aromatic N) is 4. The van der Waals surface area contributed by atoms with Gasteiger partial charge in [-0.1, -0.05) is 35.0 Å². The Morgan fingerprint density at radius 2 is 1.67 bits per heavy atom. The summed E-state index contributed by atoms with van der Waals surface area (Å²) in [5.41, 5.74) is 2.60. The lowest BCUT2D eigenvalue weighted by Gasteiger charge is -2.10. The Balaban J connectivity index is 1.60. The zero-order chi connectivity index (χ0) is 21.1. The second-order valence-corrected chi connectivity index (χ2v) is 6.96. The molecule has 4 aromatic rings. The molecular formula is C22H19F2N5O. The molecule has 2 heterocycles. The van der Waals surface area contributed by atoms with E-state index in [2.05, 4.69) is 15.6 Å². The summed E-state index contributed by atoms with van der Waals surface area (Å²) in [4.78, 5) is 12.8. The van der Waals surface area contributed by atoms with Crippen LogP contribution in [0, 0.1) is 18.6 Å². The highest BCUT2D eigenvalue weighted by Gasteiger charge is 2.21. The van der Waals surface area contributed by atoms with Crippen LogP contribution in [0.2, 0.25) is 0 Å². The van der Waals surface area contributed by atoms with E-state index >= 15 is 0 Å². The molecule has 30 heavy (non-hydrogen) atoms. The predicted octanol–water partition coefficient (Wildman–Crippen LogP) is 3.63. The first-order valence-corrected chi connectivity index (χ1v) is 9.35. The van der Waals surface area contributed by atoms with Crippen molar-refractivity contribution in [1.82, 2.24) is 24.9 Å². The molecule has 0 spiro atoms. The van der Waals surface area contributed by atoms with Crippen molar-refractivity contribution in [2.75, 3.05) is 0 Å². The zero-order valence-corrected chi connectivity index (χ0v) is 16.2. The fourth-order valence-electron chi connectivity index (χ4n) is 3.14. The molecule has 0 fully saturated rings.